The third-order valence-electron chi connectivity index (χ3n) is 5.02. The largest absolute Gasteiger partial charge is 0.325 e. The minimum atomic E-state index is -1.37. The fourth-order valence-electron chi connectivity index (χ4n) is 3.37. The van der Waals surface area contributed by atoms with Crippen LogP contribution in [0.5, 0.6) is 0 Å². The number of hydrogen-bond donors (Lipinski definition) is 2. The average molecular weight is 438 g/mol. The summed E-state index contributed by atoms with van der Waals surface area (Å²) in [7, 11) is 0. The molecule has 1 aliphatic rings. The second-order valence-electron chi connectivity index (χ2n) is 7.30. The van der Waals surface area contributed by atoms with Crippen LogP contribution in [0.2, 0.25) is 0 Å². The first kappa shape index (κ1) is 20.7. The van der Waals surface area contributed by atoms with Gasteiger partial charge in [-0.2, -0.15) is 0 Å². The standard InChI is InChI=1S/C22H19FN4O3S/c1-22(15-7-9-16(23)10-8-15)19(29)27(21(30)26-22)13-18(28)25-20-24-12-17(31-20)11-14-5-3-2-4-6-14/h2-10,12H,11,13H2,1H3,(H,26,30)(H,24,25,28). The SMILES string of the molecule is CC1(c2ccc(F)cc2)NC(=O)N(CC(=O)Nc2ncc(Cc3ccccc3)s2)C1=O. The van der Waals surface area contributed by atoms with Gasteiger partial charge in [-0.1, -0.05) is 42.5 Å². The predicted octanol–water partition coefficient (Wildman–Crippen LogP) is 3.28. The zero-order chi connectivity index (χ0) is 22.0. The molecule has 1 saturated heterocycles. The number of anilines is 1. The monoisotopic (exact) mass is 438 g/mol. The molecule has 1 aromatic heterocycles. The van der Waals surface area contributed by atoms with Crippen molar-refractivity contribution in [3.8, 4) is 0 Å². The highest BCUT2D eigenvalue weighted by molar-refractivity contribution is 7.15. The molecule has 1 atom stereocenters. The molecule has 158 valence electrons. The number of halogens is 1. The Kier molecular flexibility index (Phi) is 5.51. The molecule has 1 fully saturated rings. The summed E-state index contributed by atoms with van der Waals surface area (Å²) < 4.78 is 13.2. The molecule has 2 heterocycles. The van der Waals surface area contributed by atoms with Gasteiger partial charge in [0, 0.05) is 17.5 Å². The highest BCUT2D eigenvalue weighted by atomic mass is 32.1. The third kappa shape index (κ3) is 4.31. The summed E-state index contributed by atoms with van der Waals surface area (Å²) in [5, 5.41) is 5.62. The zero-order valence-electron chi connectivity index (χ0n) is 16.6. The van der Waals surface area contributed by atoms with Gasteiger partial charge in [-0.15, -0.1) is 11.3 Å². The van der Waals surface area contributed by atoms with E-state index in [0.29, 0.717) is 17.1 Å². The topological polar surface area (TPSA) is 91.4 Å². The number of aromatic nitrogens is 1. The van der Waals surface area contributed by atoms with Gasteiger partial charge in [-0.3, -0.25) is 14.5 Å². The Morgan fingerprint density at radius 1 is 1.16 bits per heavy atom. The smallest absolute Gasteiger partial charge is 0.319 e. The van der Waals surface area contributed by atoms with E-state index in [-0.39, 0.29) is 0 Å². The molecule has 0 radical (unpaired) electrons. The number of nitrogens with zero attached hydrogens (tertiary/aromatic N) is 2. The Morgan fingerprint density at radius 2 is 1.87 bits per heavy atom. The summed E-state index contributed by atoms with van der Waals surface area (Å²) in [5.41, 5.74) is 0.193. The van der Waals surface area contributed by atoms with Gasteiger partial charge < -0.3 is 10.6 Å². The van der Waals surface area contributed by atoms with Crippen LogP contribution in [0.4, 0.5) is 14.3 Å². The number of carbonyl (C=O) groups is 3. The highest BCUT2D eigenvalue weighted by Crippen LogP contribution is 2.29. The maximum Gasteiger partial charge on any atom is 0.325 e. The van der Waals surface area contributed by atoms with Crippen molar-refractivity contribution in [2.75, 3.05) is 11.9 Å². The average Bonchev–Trinajstić information content (AvgIpc) is 3.27. The van der Waals surface area contributed by atoms with E-state index in [1.54, 1.807) is 6.20 Å². The highest BCUT2D eigenvalue weighted by Gasteiger charge is 2.49. The second kappa shape index (κ2) is 8.27. The number of urea groups is 1. The van der Waals surface area contributed by atoms with Crippen molar-refractivity contribution >= 4 is 34.3 Å². The minimum Gasteiger partial charge on any atom is -0.319 e. The number of carbonyl (C=O) groups excluding carboxylic acids is 3. The summed E-state index contributed by atoms with van der Waals surface area (Å²) in [6, 6.07) is 14.5. The molecule has 1 aliphatic heterocycles. The van der Waals surface area contributed by atoms with Crippen LogP contribution in [0.1, 0.15) is 22.9 Å². The Balaban J connectivity index is 1.40. The molecule has 2 aromatic carbocycles. The Hall–Kier alpha value is -3.59. The molecule has 0 bridgehead atoms. The van der Waals surface area contributed by atoms with Crippen molar-refractivity contribution in [3.63, 3.8) is 0 Å². The van der Waals surface area contributed by atoms with Crippen molar-refractivity contribution in [2.45, 2.75) is 18.9 Å². The fraction of sp³-hybridized carbons (Fsp3) is 0.182. The van der Waals surface area contributed by atoms with Crippen LogP contribution < -0.4 is 10.6 Å². The molecule has 0 spiro atoms. The molecule has 0 saturated carbocycles. The first-order valence-corrected chi connectivity index (χ1v) is 10.4. The number of imide groups is 1. The summed E-state index contributed by atoms with van der Waals surface area (Å²) in [4.78, 5) is 43.7. The quantitative estimate of drug-likeness (QED) is 0.578. The number of benzene rings is 2. The molecular formula is C22H19FN4O3S. The van der Waals surface area contributed by atoms with Gasteiger partial charge >= 0.3 is 6.03 Å². The molecule has 3 aromatic rings. The first-order chi connectivity index (χ1) is 14.8. The van der Waals surface area contributed by atoms with Gasteiger partial charge in [0.05, 0.1) is 0 Å². The lowest BCUT2D eigenvalue weighted by Gasteiger charge is -2.22. The molecule has 1 unspecified atom stereocenters. The van der Waals surface area contributed by atoms with E-state index >= 15 is 0 Å². The normalized spacial score (nSPS) is 18.2. The second-order valence-corrected chi connectivity index (χ2v) is 8.41. The van der Waals surface area contributed by atoms with Gasteiger partial charge in [0.2, 0.25) is 5.91 Å². The fourth-order valence-corrected chi connectivity index (χ4v) is 4.23. The number of nitrogens with one attached hydrogen (secondary N) is 2. The molecule has 2 N–H and O–H groups in total. The van der Waals surface area contributed by atoms with Crippen LogP contribution >= 0.6 is 11.3 Å². The summed E-state index contributed by atoms with van der Waals surface area (Å²) in [5.74, 6) is -1.56. The van der Waals surface area contributed by atoms with Crippen molar-refractivity contribution in [2.24, 2.45) is 0 Å². The molecule has 31 heavy (non-hydrogen) atoms. The summed E-state index contributed by atoms with van der Waals surface area (Å²) >= 11 is 1.33. The van der Waals surface area contributed by atoms with Crippen LogP contribution in [0.25, 0.3) is 0 Å². The summed E-state index contributed by atoms with van der Waals surface area (Å²) in [6.07, 6.45) is 2.38. The van der Waals surface area contributed by atoms with Gasteiger partial charge in [-0.05, 0) is 30.2 Å². The van der Waals surface area contributed by atoms with Gasteiger partial charge in [0.1, 0.15) is 17.9 Å². The van der Waals surface area contributed by atoms with Gasteiger partial charge in [0.25, 0.3) is 5.91 Å². The van der Waals surface area contributed by atoms with E-state index < -0.39 is 35.7 Å². The van der Waals surface area contributed by atoms with Crippen LogP contribution in [-0.2, 0) is 21.5 Å². The van der Waals surface area contributed by atoms with Crippen LogP contribution in [-0.4, -0.2) is 34.3 Å². The lowest BCUT2D eigenvalue weighted by Crippen LogP contribution is -2.42. The van der Waals surface area contributed by atoms with E-state index in [4.69, 9.17) is 0 Å². The van der Waals surface area contributed by atoms with Crippen molar-refractivity contribution in [1.29, 1.82) is 0 Å². The summed E-state index contributed by atoms with van der Waals surface area (Å²) in [6.45, 7) is 1.07. The lowest BCUT2D eigenvalue weighted by molar-refractivity contribution is -0.133. The van der Waals surface area contributed by atoms with E-state index in [2.05, 4.69) is 15.6 Å². The van der Waals surface area contributed by atoms with Gasteiger partial charge in [-0.25, -0.2) is 14.2 Å². The molecule has 0 aliphatic carbocycles. The molecule has 4 rings (SSSR count). The number of thiazole rings is 1. The predicted molar refractivity (Wildman–Crippen MR) is 114 cm³/mol. The molecule has 9 heteroatoms. The van der Waals surface area contributed by atoms with Crippen molar-refractivity contribution in [3.05, 3.63) is 82.6 Å². The van der Waals surface area contributed by atoms with Crippen LogP contribution in [0.15, 0.2) is 60.8 Å². The Labute approximate surface area is 181 Å². The van der Waals surface area contributed by atoms with Crippen molar-refractivity contribution in [1.82, 2.24) is 15.2 Å². The Bertz CT molecular complexity index is 1130. The Morgan fingerprint density at radius 3 is 2.58 bits per heavy atom. The van der Waals surface area contributed by atoms with Crippen LogP contribution in [0.3, 0.4) is 0 Å². The number of rotatable bonds is 6. The maximum absolute atomic E-state index is 13.2. The zero-order valence-corrected chi connectivity index (χ0v) is 17.4. The van der Waals surface area contributed by atoms with E-state index in [1.807, 2.05) is 30.3 Å². The third-order valence-corrected chi connectivity index (χ3v) is 5.93. The number of amides is 4. The van der Waals surface area contributed by atoms with E-state index in [0.717, 1.165) is 15.3 Å². The molecule has 7 nitrogen and oxygen atoms in total. The van der Waals surface area contributed by atoms with E-state index in [9.17, 15) is 18.8 Å². The van der Waals surface area contributed by atoms with Crippen molar-refractivity contribution < 1.29 is 18.8 Å². The lowest BCUT2D eigenvalue weighted by atomic mass is 9.92. The van der Waals surface area contributed by atoms with Gasteiger partial charge in [0.15, 0.2) is 5.13 Å². The minimum absolute atomic E-state index is 0.393. The maximum atomic E-state index is 13.2. The first-order valence-electron chi connectivity index (χ1n) is 9.54. The number of hydrogen-bond acceptors (Lipinski definition) is 5. The van der Waals surface area contributed by atoms with Crippen LogP contribution in [0, 0.1) is 5.82 Å². The molecule has 4 amide bonds. The molecular weight excluding hydrogens is 419 g/mol. The van der Waals surface area contributed by atoms with E-state index in [1.165, 1.54) is 42.5 Å².